The van der Waals surface area contributed by atoms with E-state index in [9.17, 15) is 4.79 Å². The van der Waals surface area contributed by atoms with E-state index in [-0.39, 0.29) is 24.2 Å². The summed E-state index contributed by atoms with van der Waals surface area (Å²) >= 11 is 0. The average molecular weight is 325 g/mol. The summed E-state index contributed by atoms with van der Waals surface area (Å²) in [5, 5.41) is 6.55. The van der Waals surface area contributed by atoms with E-state index in [1.54, 1.807) is 0 Å². The molecule has 1 unspecified atom stereocenters. The largest absolute Gasteiger partial charge is 0.325 e. The van der Waals surface area contributed by atoms with Crippen LogP contribution in [0.1, 0.15) is 63.5 Å². The molecule has 1 fully saturated rings. The van der Waals surface area contributed by atoms with E-state index in [1.165, 1.54) is 11.1 Å². The van der Waals surface area contributed by atoms with E-state index in [0.29, 0.717) is 11.8 Å². The maximum Gasteiger partial charge on any atom is 0.228 e. The van der Waals surface area contributed by atoms with Gasteiger partial charge in [0.2, 0.25) is 5.91 Å². The highest BCUT2D eigenvalue weighted by molar-refractivity contribution is 5.94. The third kappa shape index (κ3) is 4.47. The summed E-state index contributed by atoms with van der Waals surface area (Å²) in [6.45, 7) is 10.5. The average Bonchev–Trinajstić information content (AvgIpc) is 2.47. The molecule has 4 heteroatoms. The lowest BCUT2D eigenvalue weighted by atomic mass is 9.91. The number of hydrogen-bond donors (Lipinski definition) is 2. The van der Waals surface area contributed by atoms with Gasteiger partial charge < -0.3 is 10.6 Å². The Hall–Kier alpha value is -1.06. The first-order valence-corrected chi connectivity index (χ1v) is 8.15. The Labute approximate surface area is 140 Å². The van der Waals surface area contributed by atoms with Crippen LogP contribution in [0, 0.1) is 5.92 Å². The molecule has 124 valence electrons. The minimum atomic E-state index is 0. The fraction of sp³-hybridized carbons (Fsp3) is 0.611. The van der Waals surface area contributed by atoms with E-state index >= 15 is 0 Å². The molecular weight excluding hydrogens is 296 g/mol. The van der Waals surface area contributed by atoms with Gasteiger partial charge in [-0.3, -0.25) is 4.79 Å². The van der Waals surface area contributed by atoms with Crippen LogP contribution < -0.4 is 10.6 Å². The van der Waals surface area contributed by atoms with Gasteiger partial charge in [-0.05, 0) is 42.3 Å². The van der Waals surface area contributed by atoms with Crippen LogP contribution in [0.3, 0.4) is 0 Å². The summed E-state index contributed by atoms with van der Waals surface area (Å²) in [5.41, 5.74) is 3.51. The highest BCUT2D eigenvalue weighted by atomic mass is 35.5. The van der Waals surface area contributed by atoms with Crippen molar-refractivity contribution in [2.75, 3.05) is 18.4 Å². The smallest absolute Gasteiger partial charge is 0.228 e. The molecule has 1 aliphatic rings. The lowest BCUT2D eigenvalue weighted by Crippen LogP contribution is -2.37. The van der Waals surface area contributed by atoms with Crippen molar-refractivity contribution in [3.05, 3.63) is 29.3 Å². The van der Waals surface area contributed by atoms with Crippen molar-refractivity contribution >= 4 is 24.0 Å². The van der Waals surface area contributed by atoms with Crippen LogP contribution in [0.2, 0.25) is 0 Å². The van der Waals surface area contributed by atoms with Crippen LogP contribution >= 0.6 is 12.4 Å². The Morgan fingerprint density at radius 3 is 2.23 bits per heavy atom. The molecule has 22 heavy (non-hydrogen) atoms. The summed E-state index contributed by atoms with van der Waals surface area (Å²) < 4.78 is 0. The van der Waals surface area contributed by atoms with Crippen LogP contribution in [-0.2, 0) is 4.79 Å². The molecule has 1 amide bonds. The third-order valence-electron chi connectivity index (χ3n) is 4.29. The maximum atomic E-state index is 12.6. The first-order valence-electron chi connectivity index (χ1n) is 8.15. The number of carbonyl (C=O) groups excluding carboxylic acids is 1. The van der Waals surface area contributed by atoms with Gasteiger partial charge in [0, 0.05) is 12.2 Å². The third-order valence-corrected chi connectivity index (χ3v) is 4.29. The normalized spacial score (nSPS) is 18.2. The minimum absolute atomic E-state index is 0. The van der Waals surface area contributed by atoms with Gasteiger partial charge in [0.15, 0.2) is 0 Å². The number of rotatable bonds is 4. The van der Waals surface area contributed by atoms with Crippen LogP contribution in [0.5, 0.6) is 0 Å². The van der Waals surface area contributed by atoms with Gasteiger partial charge in [-0.25, -0.2) is 0 Å². The van der Waals surface area contributed by atoms with Crippen molar-refractivity contribution in [3.63, 3.8) is 0 Å². The van der Waals surface area contributed by atoms with Crippen molar-refractivity contribution < 1.29 is 4.79 Å². The molecule has 1 saturated heterocycles. The number of piperidine rings is 1. The highest BCUT2D eigenvalue weighted by Gasteiger charge is 2.23. The van der Waals surface area contributed by atoms with Crippen molar-refractivity contribution in [3.8, 4) is 0 Å². The Kier molecular flexibility index (Phi) is 7.37. The number of benzene rings is 1. The van der Waals surface area contributed by atoms with Gasteiger partial charge in [0.1, 0.15) is 0 Å². The molecule has 3 nitrogen and oxygen atoms in total. The number of para-hydroxylation sites is 1. The summed E-state index contributed by atoms with van der Waals surface area (Å²) in [7, 11) is 0. The Bertz CT molecular complexity index is 468. The first-order chi connectivity index (χ1) is 10.0. The van der Waals surface area contributed by atoms with E-state index in [4.69, 9.17) is 0 Å². The molecule has 2 rings (SSSR count). The number of hydrogen-bond acceptors (Lipinski definition) is 2. The Balaban J connectivity index is 0.00000242. The van der Waals surface area contributed by atoms with E-state index in [1.807, 2.05) is 0 Å². The summed E-state index contributed by atoms with van der Waals surface area (Å²) in [4.78, 5) is 12.6. The van der Waals surface area contributed by atoms with Gasteiger partial charge in [-0.1, -0.05) is 45.9 Å². The molecule has 0 spiro atoms. The van der Waals surface area contributed by atoms with Crippen LogP contribution in [0.15, 0.2) is 18.2 Å². The van der Waals surface area contributed by atoms with E-state index in [0.717, 1.165) is 31.6 Å². The van der Waals surface area contributed by atoms with Crippen molar-refractivity contribution in [1.29, 1.82) is 0 Å². The topological polar surface area (TPSA) is 41.1 Å². The number of nitrogens with one attached hydrogen (secondary N) is 2. The Morgan fingerprint density at radius 1 is 1.18 bits per heavy atom. The SMILES string of the molecule is CC(C)c1cccc(C(C)C)c1NC(=O)C1CCCNC1.Cl. The first kappa shape index (κ1) is 19.0. The standard InChI is InChI=1S/C18H28N2O.ClH/c1-12(2)15-8-5-9-16(13(3)4)17(15)20-18(21)14-7-6-10-19-11-14;/h5,8-9,12-14,19H,6-7,10-11H2,1-4H3,(H,20,21);1H. The van der Waals surface area contributed by atoms with Crippen LogP contribution in [-0.4, -0.2) is 19.0 Å². The zero-order valence-corrected chi connectivity index (χ0v) is 14.9. The second kappa shape index (κ2) is 8.54. The molecule has 2 N–H and O–H groups in total. The molecular formula is C18H29ClN2O. The quantitative estimate of drug-likeness (QED) is 0.867. The zero-order chi connectivity index (χ0) is 15.4. The molecule has 1 aromatic carbocycles. The number of carbonyl (C=O) groups is 1. The predicted octanol–water partition coefficient (Wildman–Crippen LogP) is 4.29. The Morgan fingerprint density at radius 2 is 1.77 bits per heavy atom. The fourth-order valence-corrected chi connectivity index (χ4v) is 3.00. The number of amides is 1. The van der Waals surface area contributed by atoms with Gasteiger partial charge >= 0.3 is 0 Å². The van der Waals surface area contributed by atoms with Gasteiger partial charge in [0.25, 0.3) is 0 Å². The minimum Gasteiger partial charge on any atom is -0.325 e. The summed E-state index contributed by atoms with van der Waals surface area (Å²) in [5.74, 6) is 1.07. The van der Waals surface area contributed by atoms with Crippen molar-refractivity contribution in [1.82, 2.24) is 5.32 Å². The molecule has 1 atom stereocenters. The zero-order valence-electron chi connectivity index (χ0n) is 14.1. The van der Waals surface area contributed by atoms with Crippen molar-refractivity contribution in [2.45, 2.75) is 52.4 Å². The molecule has 1 heterocycles. The van der Waals surface area contributed by atoms with E-state index < -0.39 is 0 Å². The second-order valence-electron chi connectivity index (χ2n) is 6.65. The lowest BCUT2D eigenvalue weighted by Gasteiger charge is -2.25. The molecule has 0 aliphatic carbocycles. The highest BCUT2D eigenvalue weighted by Crippen LogP contribution is 2.32. The molecule has 0 aromatic heterocycles. The lowest BCUT2D eigenvalue weighted by molar-refractivity contribution is -0.120. The summed E-state index contributed by atoms with van der Waals surface area (Å²) in [6.07, 6.45) is 2.07. The van der Waals surface area contributed by atoms with Crippen LogP contribution in [0.4, 0.5) is 5.69 Å². The number of halogens is 1. The summed E-state index contributed by atoms with van der Waals surface area (Å²) in [6, 6.07) is 6.36. The monoisotopic (exact) mass is 324 g/mol. The fourth-order valence-electron chi connectivity index (χ4n) is 3.00. The van der Waals surface area contributed by atoms with Crippen molar-refractivity contribution in [2.24, 2.45) is 5.92 Å². The number of anilines is 1. The maximum absolute atomic E-state index is 12.6. The molecule has 0 saturated carbocycles. The second-order valence-corrected chi connectivity index (χ2v) is 6.65. The van der Waals surface area contributed by atoms with Gasteiger partial charge in [-0.15, -0.1) is 12.4 Å². The van der Waals surface area contributed by atoms with Crippen LogP contribution in [0.25, 0.3) is 0 Å². The predicted molar refractivity (Wildman–Crippen MR) is 96.1 cm³/mol. The molecule has 0 bridgehead atoms. The molecule has 0 radical (unpaired) electrons. The van der Waals surface area contributed by atoms with Gasteiger partial charge in [-0.2, -0.15) is 0 Å². The molecule has 1 aromatic rings. The molecule has 1 aliphatic heterocycles. The van der Waals surface area contributed by atoms with Gasteiger partial charge in [0.05, 0.1) is 5.92 Å². The van der Waals surface area contributed by atoms with E-state index in [2.05, 4.69) is 56.5 Å².